The number of hydrogen-bond acceptors (Lipinski definition) is 7. The van der Waals surface area contributed by atoms with Crippen LogP contribution in [0, 0.1) is 0 Å². The molecule has 0 heterocycles. The summed E-state index contributed by atoms with van der Waals surface area (Å²) in [5.74, 6) is 0. The highest BCUT2D eigenvalue weighted by Gasteiger charge is 2.13. The van der Waals surface area contributed by atoms with Crippen LogP contribution in [0.2, 0.25) is 0 Å². The van der Waals surface area contributed by atoms with Crippen LogP contribution < -0.4 is 0 Å². The molecule has 0 aromatic rings. The Bertz CT molecular complexity index is 567. The third-order valence-corrected chi connectivity index (χ3v) is 8.09. The van der Waals surface area contributed by atoms with E-state index in [1.807, 2.05) is 0 Å². The third-order valence-electron chi connectivity index (χ3n) is 8.09. The quantitative estimate of drug-likeness (QED) is 0.0383. The van der Waals surface area contributed by atoms with Crippen molar-refractivity contribution in [2.75, 3.05) is 41.7 Å². The Morgan fingerprint density at radius 3 is 1.09 bits per heavy atom. The summed E-state index contributed by atoms with van der Waals surface area (Å²) in [7, 11) is 6.84. The first-order valence-electron chi connectivity index (χ1n) is 18.5. The van der Waals surface area contributed by atoms with E-state index in [4.69, 9.17) is 33.2 Å². The van der Waals surface area contributed by atoms with Gasteiger partial charge in [0.1, 0.15) is 0 Å². The van der Waals surface area contributed by atoms with E-state index in [-0.39, 0.29) is 25.2 Å². The van der Waals surface area contributed by atoms with Gasteiger partial charge < -0.3 is 33.2 Å². The van der Waals surface area contributed by atoms with Gasteiger partial charge in [0.25, 0.3) is 0 Å². The number of methoxy groups -OCH3 is 4. The molecule has 2 unspecified atom stereocenters. The molecule has 0 radical (unpaired) electrons. The van der Waals surface area contributed by atoms with E-state index in [2.05, 4.69) is 38.2 Å². The lowest BCUT2D eigenvalue weighted by Crippen LogP contribution is -2.25. The van der Waals surface area contributed by atoms with Gasteiger partial charge in [-0.1, -0.05) is 103 Å². The van der Waals surface area contributed by atoms with E-state index >= 15 is 0 Å². The topological polar surface area (TPSA) is 64.6 Å². The highest BCUT2D eigenvalue weighted by Crippen LogP contribution is 2.15. The maximum Gasteiger partial charge on any atom is 0.180 e. The predicted molar refractivity (Wildman–Crippen MR) is 187 cm³/mol. The average molecular weight is 643 g/mol. The summed E-state index contributed by atoms with van der Waals surface area (Å²) in [4.78, 5) is 0. The second-order valence-electron chi connectivity index (χ2n) is 12.1. The zero-order chi connectivity index (χ0) is 33.1. The molecule has 0 fully saturated rings. The Morgan fingerprint density at radius 1 is 0.422 bits per heavy atom. The first kappa shape index (κ1) is 44.2. The van der Waals surface area contributed by atoms with Crippen LogP contribution in [-0.4, -0.2) is 66.8 Å². The van der Waals surface area contributed by atoms with E-state index in [9.17, 15) is 0 Å². The van der Waals surface area contributed by atoms with Gasteiger partial charge in [-0.3, -0.25) is 0 Å². The molecule has 0 aliphatic rings. The first-order valence-corrected chi connectivity index (χ1v) is 18.5. The Morgan fingerprint density at radius 2 is 0.756 bits per heavy atom. The molecule has 0 saturated heterocycles. The molecule has 0 aromatic carbocycles. The van der Waals surface area contributed by atoms with Crippen LogP contribution in [0.15, 0.2) is 24.3 Å². The van der Waals surface area contributed by atoms with Crippen LogP contribution in [0.3, 0.4) is 0 Å². The van der Waals surface area contributed by atoms with Gasteiger partial charge in [-0.05, 0) is 76.4 Å². The smallest absolute Gasteiger partial charge is 0.180 e. The van der Waals surface area contributed by atoms with Gasteiger partial charge in [0.2, 0.25) is 0 Å². The molecule has 45 heavy (non-hydrogen) atoms. The number of unbranched alkanes of at least 4 members (excludes halogenated alkanes) is 16. The van der Waals surface area contributed by atoms with Gasteiger partial charge in [-0.15, -0.1) is 0 Å². The Labute approximate surface area is 279 Å². The molecule has 7 nitrogen and oxygen atoms in total. The van der Waals surface area contributed by atoms with Gasteiger partial charge >= 0.3 is 0 Å². The van der Waals surface area contributed by atoms with Crippen LogP contribution in [0.25, 0.3) is 0 Å². The number of rotatable bonds is 36. The lowest BCUT2D eigenvalue weighted by Gasteiger charge is -2.21. The van der Waals surface area contributed by atoms with Crippen LogP contribution in [0.4, 0.5) is 0 Å². The summed E-state index contributed by atoms with van der Waals surface area (Å²) in [6.07, 6.45) is 33.6. The summed E-state index contributed by atoms with van der Waals surface area (Å²) in [6, 6.07) is 0. The zero-order valence-electron chi connectivity index (χ0n) is 30.4. The highest BCUT2D eigenvalue weighted by atomic mass is 16.8. The van der Waals surface area contributed by atoms with Crippen LogP contribution in [0.5, 0.6) is 0 Å². The summed E-state index contributed by atoms with van der Waals surface area (Å²) in [5, 5.41) is 0. The van der Waals surface area contributed by atoms with Gasteiger partial charge in [0, 0.05) is 28.4 Å². The van der Waals surface area contributed by atoms with E-state index in [0.29, 0.717) is 13.2 Å². The molecule has 7 heteroatoms. The van der Waals surface area contributed by atoms with Gasteiger partial charge in [0.15, 0.2) is 25.2 Å². The standard InChI is InChI=1S/C38H74O7/c1-7-9-33-43-37(31-27-23-19-15-11-13-17-21-25-29-35(39-3)40-4)45-38(44-34-10-8-2)32-28-24-20-16-12-14-18-22-26-30-36(41-5)42-6/h27-28,31-32,35-38H,7-26,29-30,33-34H2,1-6H3. The second-order valence-corrected chi connectivity index (χ2v) is 12.1. The fourth-order valence-electron chi connectivity index (χ4n) is 5.09. The minimum atomic E-state index is -0.376. The molecule has 0 saturated carbocycles. The van der Waals surface area contributed by atoms with Gasteiger partial charge in [-0.2, -0.15) is 0 Å². The monoisotopic (exact) mass is 643 g/mol. The van der Waals surface area contributed by atoms with Crippen molar-refractivity contribution in [3.8, 4) is 0 Å². The zero-order valence-corrected chi connectivity index (χ0v) is 30.4. The molecule has 268 valence electrons. The molecular weight excluding hydrogens is 568 g/mol. The maximum atomic E-state index is 6.32. The molecule has 0 rings (SSSR count). The van der Waals surface area contributed by atoms with Crippen molar-refractivity contribution < 1.29 is 33.2 Å². The Balaban J connectivity index is 4.39. The molecular formula is C38H74O7. The number of allylic oxidation sites excluding steroid dienone is 2. The first-order chi connectivity index (χ1) is 22.1. The van der Waals surface area contributed by atoms with Gasteiger partial charge in [0.05, 0.1) is 13.2 Å². The molecule has 0 bridgehead atoms. The average Bonchev–Trinajstić information content (AvgIpc) is 3.05. The lowest BCUT2D eigenvalue weighted by atomic mass is 10.1. The van der Waals surface area contributed by atoms with Crippen molar-refractivity contribution in [3.05, 3.63) is 24.3 Å². The predicted octanol–water partition coefficient (Wildman–Crippen LogP) is 10.7. The van der Waals surface area contributed by atoms with Crippen molar-refractivity contribution in [3.63, 3.8) is 0 Å². The summed E-state index contributed by atoms with van der Waals surface area (Å²) in [5.41, 5.74) is 0. The lowest BCUT2D eigenvalue weighted by molar-refractivity contribution is -0.208. The van der Waals surface area contributed by atoms with Crippen molar-refractivity contribution in [2.24, 2.45) is 0 Å². The fraction of sp³-hybridized carbons (Fsp3) is 0.895. The largest absolute Gasteiger partial charge is 0.356 e. The molecule has 2 atom stereocenters. The summed E-state index contributed by atoms with van der Waals surface area (Å²) < 4.78 is 39.6. The molecule has 0 spiro atoms. The summed E-state index contributed by atoms with van der Waals surface area (Å²) >= 11 is 0. The summed E-state index contributed by atoms with van der Waals surface area (Å²) in [6.45, 7) is 5.77. The Hall–Kier alpha value is -0.800. The molecule has 0 aromatic heterocycles. The Kier molecular flexibility index (Phi) is 35.4. The fourth-order valence-corrected chi connectivity index (χ4v) is 5.09. The minimum Gasteiger partial charge on any atom is -0.356 e. The highest BCUT2D eigenvalue weighted by molar-refractivity contribution is 4.89. The number of ether oxygens (including phenoxy) is 7. The van der Waals surface area contributed by atoms with Crippen LogP contribution >= 0.6 is 0 Å². The van der Waals surface area contributed by atoms with Crippen molar-refractivity contribution >= 4 is 0 Å². The van der Waals surface area contributed by atoms with E-state index in [1.165, 1.54) is 89.9 Å². The normalized spacial score (nSPS) is 13.7. The van der Waals surface area contributed by atoms with Crippen molar-refractivity contribution in [1.82, 2.24) is 0 Å². The maximum absolute atomic E-state index is 6.32. The van der Waals surface area contributed by atoms with Gasteiger partial charge in [-0.25, -0.2) is 0 Å². The van der Waals surface area contributed by atoms with Crippen molar-refractivity contribution in [2.45, 2.75) is 180 Å². The third kappa shape index (κ3) is 30.3. The minimum absolute atomic E-state index is 0.0530. The van der Waals surface area contributed by atoms with Crippen molar-refractivity contribution in [1.29, 1.82) is 0 Å². The SMILES string of the molecule is CCCCOC(C=CCCCCCCCCCC(OC)OC)OC(C=CCCCCCCCCCC(OC)OC)OCCCC. The number of hydrogen-bond donors (Lipinski definition) is 0. The molecule has 0 aliphatic heterocycles. The molecule has 0 N–H and O–H groups in total. The molecule has 0 aliphatic carbocycles. The second kappa shape index (κ2) is 36.0. The van der Waals surface area contributed by atoms with Crippen LogP contribution in [-0.2, 0) is 33.2 Å². The molecule has 0 amide bonds. The van der Waals surface area contributed by atoms with E-state index in [0.717, 1.165) is 51.4 Å². The van der Waals surface area contributed by atoms with E-state index < -0.39 is 0 Å². The van der Waals surface area contributed by atoms with E-state index in [1.54, 1.807) is 28.4 Å². The van der Waals surface area contributed by atoms with Crippen LogP contribution in [0.1, 0.15) is 155 Å².